The lowest BCUT2D eigenvalue weighted by Gasteiger charge is -2.28. The number of rotatable bonds is 8. The first-order valence-electron chi connectivity index (χ1n) is 8.70. The van der Waals surface area contributed by atoms with Crippen molar-refractivity contribution in [3.8, 4) is 0 Å². The second-order valence-electron chi connectivity index (χ2n) is 6.73. The molecule has 0 spiro atoms. The molecule has 2 aromatic heterocycles. The Bertz CT molecular complexity index is 1040. The fourth-order valence-electron chi connectivity index (χ4n) is 2.81. The molecule has 0 radical (unpaired) electrons. The van der Waals surface area contributed by atoms with Crippen LogP contribution in [0.2, 0.25) is 10.0 Å². The Hall–Kier alpha value is -2.00. The van der Waals surface area contributed by atoms with Gasteiger partial charge >= 0.3 is 0 Å². The number of ether oxygens (including phenoxy) is 1. The number of aliphatic hydroxyl groups is 1. The lowest BCUT2D eigenvalue weighted by molar-refractivity contribution is 0.0859. The van der Waals surface area contributed by atoms with Gasteiger partial charge in [0.1, 0.15) is 21.2 Å². The molecule has 0 aliphatic heterocycles. The summed E-state index contributed by atoms with van der Waals surface area (Å²) in [4.78, 5) is 19.8. The first-order chi connectivity index (χ1) is 13.3. The van der Waals surface area contributed by atoms with Crippen molar-refractivity contribution in [2.24, 2.45) is 0 Å². The van der Waals surface area contributed by atoms with Crippen LogP contribution in [0.3, 0.4) is 0 Å². The summed E-state index contributed by atoms with van der Waals surface area (Å²) in [6.45, 7) is 0.911. The van der Waals surface area contributed by atoms with Gasteiger partial charge in [-0.2, -0.15) is 5.10 Å². The van der Waals surface area contributed by atoms with Gasteiger partial charge in [-0.1, -0.05) is 29.3 Å². The van der Waals surface area contributed by atoms with Crippen LogP contribution in [-0.2, 0) is 16.6 Å². The third-order valence-corrected chi connectivity index (χ3v) is 4.99. The predicted molar refractivity (Wildman–Crippen MR) is 115 cm³/mol. The van der Waals surface area contributed by atoms with Gasteiger partial charge in [0.2, 0.25) is 5.95 Å². The molecule has 0 atom stereocenters. The average molecular weight is 422 g/mol. The van der Waals surface area contributed by atoms with Crippen molar-refractivity contribution in [3.63, 3.8) is 0 Å². The number of H-pyrrole nitrogens is 1. The monoisotopic (exact) mass is 421 g/mol. The van der Waals surface area contributed by atoms with Gasteiger partial charge in [-0.05, 0) is 17.7 Å². The maximum absolute atomic E-state index is 12.6. The third-order valence-electron chi connectivity index (χ3n) is 4.25. The molecule has 1 aromatic carbocycles. The number of fused-ring (bicyclic) bond motifs is 1. The van der Waals surface area contributed by atoms with E-state index in [-0.39, 0.29) is 18.8 Å². The van der Waals surface area contributed by atoms with E-state index in [4.69, 9.17) is 33.0 Å². The number of aromatic nitrogens is 4. The highest BCUT2D eigenvalue weighted by atomic mass is 35.5. The topological polar surface area (TPSA) is 105 Å². The Morgan fingerprint density at radius 2 is 2.07 bits per heavy atom. The van der Waals surface area contributed by atoms with Crippen LogP contribution in [-0.4, -0.2) is 60.4 Å². The summed E-state index contributed by atoms with van der Waals surface area (Å²) in [7, 11) is 3.89. The van der Waals surface area contributed by atoms with E-state index in [2.05, 4.69) is 20.4 Å². The molecule has 3 N–H and O–H groups in total. The molecular formula is C16H19B2Cl2N5O3. The molecule has 0 saturated heterocycles. The summed E-state index contributed by atoms with van der Waals surface area (Å²) in [6, 6.07) is 5.37. The van der Waals surface area contributed by atoms with E-state index in [9.17, 15) is 4.79 Å². The SMILES string of the molecule is BC(B)(Nc1nc2cnn(CCOCCO)c2c(=O)[nH]1)c1ccc(Cl)c(Cl)c1. The van der Waals surface area contributed by atoms with Crippen molar-refractivity contribution < 1.29 is 9.84 Å². The van der Waals surface area contributed by atoms with Crippen LogP contribution in [0.5, 0.6) is 0 Å². The number of aliphatic hydroxyl groups excluding tert-OH is 1. The molecule has 0 aliphatic carbocycles. The highest BCUT2D eigenvalue weighted by molar-refractivity contribution is 6.43. The fourth-order valence-corrected chi connectivity index (χ4v) is 3.10. The summed E-state index contributed by atoms with van der Waals surface area (Å²) in [5.74, 6) is 0.324. The zero-order chi connectivity index (χ0) is 20.3. The van der Waals surface area contributed by atoms with Gasteiger partial charge in [0.15, 0.2) is 5.52 Å². The summed E-state index contributed by atoms with van der Waals surface area (Å²) in [5, 5.41) is 16.5. The Balaban J connectivity index is 1.84. The molecule has 0 unspecified atom stereocenters. The molecule has 0 saturated carbocycles. The van der Waals surface area contributed by atoms with Crippen LogP contribution in [0.4, 0.5) is 5.95 Å². The Morgan fingerprint density at radius 3 is 2.79 bits per heavy atom. The average Bonchev–Trinajstić information content (AvgIpc) is 3.04. The quantitative estimate of drug-likeness (QED) is 0.347. The molecule has 0 aliphatic rings. The predicted octanol–water partition coefficient (Wildman–Crippen LogP) is -0.0761. The maximum Gasteiger partial charge on any atom is 0.278 e. The van der Waals surface area contributed by atoms with Crippen molar-refractivity contribution >= 4 is 55.9 Å². The first-order valence-corrected chi connectivity index (χ1v) is 9.45. The molecule has 2 heterocycles. The van der Waals surface area contributed by atoms with Crippen LogP contribution >= 0.6 is 23.2 Å². The van der Waals surface area contributed by atoms with Crippen LogP contribution in [0.1, 0.15) is 5.56 Å². The highest BCUT2D eigenvalue weighted by Gasteiger charge is 2.23. The second-order valence-corrected chi connectivity index (χ2v) is 7.55. The summed E-state index contributed by atoms with van der Waals surface area (Å²) in [6.07, 6.45) is 1.54. The van der Waals surface area contributed by atoms with Crippen molar-refractivity contribution in [1.29, 1.82) is 0 Å². The number of hydrogen-bond donors (Lipinski definition) is 3. The number of anilines is 1. The standard InChI is InChI=1S/C16H19B2Cl2N5O3/c17-16(18,9-1-2-10(19)11(20)7-9)24-15-22-12-8-21-25(3-5-28-6-4-26)13(12)14(27)23-15/h1-2,7-8,26H,3-6,17-18H2,(H2,22,23,24,27). The number of benzene rings is 1. The number of nitrogens with one attached hydrogen (secondary N) is 2. The summed E-state index contributed by atoms with van der Waals surface area (Å²) >= 11 is 12.1. The molecule has 146 valence electrons. The minimum absolute atomic E-state index is 0.0500. The molecule has 3 aromatic rings. The Labute approximate surface area is 173 Å². The van der Waals surface area contributed by atoms with Gasteiger partial charge in [-0.15, -0.1) is 0 Å². The summed E-state index contributed by atoms with van der Waals surface area (Å²) < 4.78 is 6.76. The molecule has 0 fully saturated rings. The third kappa shape index (κ3) is 4.52. The molecule has 28 heavy (non-hydrogen) atoms. The zero-order valence-corrected chi connectivity index (χ0v) is 17.0. The minimum Gasteiger partial charge on any atom is -0.394 e. The Kier molecular flexibility index (Phi) is 6.34. The molecule has 12 heteroatoms. The lowest BCUT2D eigenvalue weighted by Crippen LogP contribution is -2.37. The van der Waals surface area contributed by atoms with E-state index in [1.165, 1.54) is 10.9 Å². The molecule has 3 rings (SSSR count). The van der Waals surface area contributed by atoms with Crippen LogP contribution in [0, 0.1) is 0 Å². The van der Waals surface area contributed by atoms with Crippen molar-refractivity contribution in [3.05, 3.63) is 50.4 Å². The van der Waals surface area contributed by atoms with Crippen LogP contribution in [0.15, 0.2) is 29.2 Å². The largest absolute Gasteiger partial charge is 0.394 e. The van der Waals surface area contributed by atoms with E-state index in [1.807, 2.05) is 21.8 Å². The number of nitrogens with zero attached hydrogens (tertiary/aromatic N) is 3. The normalized spacial score (nSPS) is 11.8. The van der Waals surface area contributed by atoms with Gasteiger partial charge in [-0.3, -0.25) is 14.5 Å². The van der Waals surface area contributed by atoms with Gasteiger partial charge in [0.05, 0.1) is 42.6 Å². The smallest absolute Gasteiger partial charge is 0.278 e. The van der Waals surface area contributed by atoms with E-state index < -0.39 is 5.34 Å². The summed E-state index contributed by atoms with van der Waals surface area (Å²) in [5.41, 5.74) is 1.42. The molecule has 0 bridgehead atoms. The van der Waals surface area contributed by atoms with E-state index >= 15 is 0 Å². The van der Waals surface area contributed by atoms with Gasteiger partial charge in [0, 0.05) is 5.34 Å². The van der Waals surface area contributed by atoms with Crippen molar-refractivity contribution in [2.75, 3.05) is 25.1 Å². The zero-order valence-electron chi connectivity index (χ0n) is 15.5. The van der Waals surface area contributed by atoms with Crippen molar-refractivity contribution in [2.45, 2.75) is 11.9 Å². The van der Waals surface area contributed by atoms with Crippen LogP contribution < -0.4 is 10.9 Å². The number of hydrogen-bond acceptors (Lipinski definition) is 6. The second kappa shape index (κ2) is 8.57. The number of halogens is 2. The molecule has 0 amide bonds. The maximum atomic E-state index is 12.6. The first kappa shape index (κ1) is 20.7. The van der Waals surface area contributed by atoms with Gasteiger partial charge < -0.3 is 15.2 Å². The van der Waals surface area contributed by atoms with Gasteiger partial charge in [0.25, 0.3) is 5.56 Å². The van der Waals surface area contributed by atoms with Gasteiger partial charge in [-0.25, -0.2) is 4.98 Å². The number of aromatic amines is 1. The fraction of sp³-hybridized carbons (Fsp3) is 0.312. The highest BCUT2D eigenvalue weighted by Crippen LogP contribution is 2.27. The van der Waals surface area contributed by atoms with E-state index in [0.717, 1.165) is 5.56 Å². The van der Waals surface area contributed by atoms with E-state index in [1.54, 1.807) is 12.1 Å². The van der Waals surface area contributed by atoms with E-state index in [0.29, 0.717) is 40.2 Å². The van der Waals surface area contributed by atoms with Crippen LogP contribution in [0.25, 0.3) is 11.0 Å². The minimum atomic E-state index is -0.564. The molecular weight excluding hydrogens is 403 g/mol. The molecule has 8 nitrogen and oxygen atoms in total. The van der Waals surface area contributed by atoms with Crippen molar-refractivity contribution in [1.82, 2.24) is 19.7 Å². The lowest BCUT2D eigenvalue weighted by atomic mass is 9.58. The Morgan fingerprint density at radius 1 is 1.29 bits per heavy atom.